The van der Waals surface area contributed by atoms with Gasteiger partial charge >= 0.3 is 0 Å². The van der Waals surface area contributed by atoms with Crippen LogP contribution < -0.4 is 10.1 Å². The number of benzene rings is 1. The van der Waals surface area contributed by atoms with Gasteiger partial charge in [0.15, 0.2) is 5.65 Å². The summed E-state index contributed by atoms with van der Waals surface area (Å²) in [6.45, 7) is 4.73. The first kappa shape index (κ1) is 17.0. The van der Waals surface area contributed by atoms with Crippen LogP contribution in [0, 0.1) is 0 Å². The maximum atomic E-state index is 12.2. The third-order valence-corrected chi connectivity index (χ3v) is 4.02. The van der Waals surface area contributed by atoms with E-state index in [0.29, 0.717) is 18.5 Å². The number of aromatic nitrogens is 3. The third-order valence-electron chi connectivity index (χ3n) is 4.02. The Morgan fingerprint density at radius 1 is 1.24 bits per heavy atom. The van der Waals surface area contributed by atoms with E-state index in [0.717, 1.165) is 22.7 Å². The summed E-state index contributed by atoms with van der Waals surface area (Å²) in [6, 6.07) is 11.2. The second-order valence-electron chi connectivity index (χ2n) is 6.07. The molecule has 3 aromatic rings. The number of carbonyl (C=O) groups excluding carboxylic acids is 1. The van der Waals surface area contributed by atoms with E-state index < -0.39 is 0 Å². The monoisotopic (exact) mass is 338 g/mol. The predicted molar refractivity (Wildman–Crippen MR) is 96.9 cm³/mol. The van der Waals surface area contributed by atoms with Crippen molar-refractivity contribution in [3.8, 4) is 5.75 Å². The van der Waals surface area contributed by atoms with Crippen LogP contribution >= 0.6 is 0 Å². The van der Waals surface area contributed by atoms with Crippen LogP contribution in [0.15, 0.2) is 42.6 Å². The topological polar surface area (TPSA) is 69.0 Å². The lowest BCUT2D eigenvalue weighted by Gasteiger charge is -2.12. The summed E-state index contributed by atoms with van der Waals surface area (Å²) in [7, 11) is 1.60. The maximum absolute atomic E-state index is 12.2. The Bertz CT molecular complexity index is 869. The number of nitrogens with zero attached hydrogens (tertiary/aromatic N) is 3. The van der Waals surface area contributed by atoms with Crippen LogP contribution in [0.25, 0.3) is 11.2 Å². The highest BCUT2D eigenvalue weighted by Gasteiger charge is 2.14. The zero-order chi connectivity index (χ0) is 17.8. The summed E-state index contributed by atoms with van der Waals surface area (Å²) in [5, 5.41) is 2.94. The molecule has 1 amide bonds. The summed E-state index contributed by atoms with van der Waals surface area (Å²) in [4.78, 5) is 21.3. The Kier molecular flexibility index (Phi) is 4.97. The van der Waals surface area contributed by atoms with Crippen molar-refractivity contribution in [1.29, 1.82) is 0 Å². The minimum absolute atomic E-state index is 0.104. The van der Waals surface area contributed by atoms with E-state index in [9.17, 15) is 4.79 Å². The first-order valence-corrected chi connectivity index (χ1v) is 8.34. The zero-order valence-corrected chi connectivity index (χ0v) is 14.7. The van der Waals surface area contributed by atoms with E-state index in [4.69, 9.17) is 4.74 Å². The van der Waals surface area contributed by atoms with Crippen molar-refractivity contribution in [3.05, 3.63) is 54.0 Å². The van der Waals surface area contributed by atoms with Gasteiger partial charge in [-0.3, -0.25) is 4.79 Å². The molecule has 1 N–H and O–H groups in total. The number of nitrogens with one attached hydrogen (secondary N) is 1. The van der Waals surface area contributed by atoms with Crippen LogP contribution in [0.1, 0.15) is 36.1 Å². The van der Waals surface area contributed by atoms with Crippen molar-refractivity contribution in [2.75, 3.05) is 13.7 Å². The molecule has 6 heteroatoms. The van der Waals surface area contributed by atoms with Crippen LogP contribution in [0.3, 0.4) is 0 Å². The van der Waals surface area contributed by atoms with Gasteiger partial charge in [0.1, 0.15) is 17.1 Å². The molecule has 0 unspecified atom stereocenters. The number of imidazole rings is 1. The fourth-order valence-electron chi connectivity index (χ4n) is 2.83. The molecule has 6 nitrogen and oxygen atoms in total. The van der Waals surface area contributed by atoms with Crippen molar-refractivity contribution in [3.63, 3.8) is 0 Å². The summed E-state index contributed by atoms with van der Waals surface area (Å²) < 4.78 is 7.22. The molecule has 0 spiro atoms. The third kappa shape index (κ3) is 3.63. The lowest BCUT2D eigenvalue weighted by molar-refractivity contribution is 0.0954. The number of rotatable bonds is 6. The van der Waals surface area contributed by atoms with Gasteiger partial charge in [-0.25, -0.2) is 9.97 Å². The smallest absolute Gasteiger partial charge is 0.251 e. The number of ether oxygens (including phenoxy) is 1. The minimum atomic E-state index is -0.104. The van der Waals surface area contributed by atoms with Crippen molar-refractivity contribution < 1.29 is 9.53 Å². The Morgan fingerprint density at radius 3 is 2.68 bits per heavy atom. The Labute approximate surface area is 146 Å². The van der Waals surface area contributed by atoms with Crippen LogP contribution in [0.4, 0.5) is 0 Å². The molecule has 0 aliphatic carbocycles. The highest BCUT2D eigenvalue weighted by Crippen LogP contribution is 2.19. The molecule has 2 heterocycles. The lowest BCUT2D eigenvalue weighted by atomic mass is 10.2. The van der Waals surface area contributed by atoms with Crippen molar-refractivity contribution in [1.82, 2.24) is 19.9 Å². The maximum Gasteiger partial charge on any atom is 0.251 e. The number of carbonyl (C=O) groups is 1. The Hall–Kier alpha value is -2.89. The standard InChI is InChI=1S/C19H22N4O2/c1-13(2)23-17(22-16-5-4-11-20-18(16)23)10-12-21-19(24)14-6-8-15(25-3)9-7-14/h4-9,11,13H,10,12H2,1-3H3,(H,21,24). The van der Waals surface area contributed by atoms with E-state index in [1.165, 1.54) is 0 Å². The molecule has 0 aliphatic heterocycles. The van der Waals surface area contributed by atoms with Gasteiger partial charge in [-0.2, -0.15) is 0 Å². The fraction of sp³-hybridized carbons (Fsp3) is 0.316. The largest absolute Gasteiger partial charge is 0.497 e. The molecule has 0 fully saturated rings. The average molecular weight is 338 g/mol. The van der Waals surface area contributed by atoms with E-state index in [1.807, 2.05) is 12.1 Å². The van der Waals surface area contributed by atoms with Crippen molar-refractivity contribution in [2.45, 2.75) is 26.3 Å². The SMILES string of the molecule is COc1ccc(C(=O)NCCc2nc3cccnc3n2C(C)C)cc1. The molecule has 0 radical (unpaired) electrons. The lowest BCUT2D eigenvalue weighted by Crippen LogP contribution is -2.26. The highest BCUT2D eigenvalue weighted by atomic mass is 16.5. The molecule has 25 heavy (non-hydrogen) atoms. The summed E-state index contributed by atoms with van der Waals surface area (Å²) in [6.07, 6.45) is 2.43. The van der Waals surface area contributed by atoms with Gasteiger partial charge in [-0.1, -0.05) is 0 Å². The van der Waals surface area contributed by atoms with Crippen LogP contribution in [0.2, 0.25) is 0 Å². The number of methoxy groups -OCH3 is 1. The second kappa shape index (κ2) is 7.34. The van der Waals surface area contributed by atoms with Crippen LogP contribution in [-0.4, -0.2) is 34.1 Å². The number of fused-ring (bicyclic) bond motifs is 1. The average Bonchev–Trinajstić information content (AvgIpc) is 3.00. The normalized spacial score (nSPS) is 11.0. The van der Waals surface area contributed by atoms with Gasteiger partial charge in [0.05, 0.1) is 7.11 Å². The molecule has 0 aliphatic rings. The molecular formula is C19H22N4O2. The van der Waals surface area contributed by atoms with Gasteiger partial charge in [0.2, 0.25) is 0 Å². The van der Waals surface area contributed by atoms with Crippen LogP contribution in [0.5, 0.6) is 5.75 Å². The van der Waals surface area contributed by atoms with E-state index >= 15 is 0 Å². The number of hydrogen-bond acceptors (Lipinski definition) is 4. The second-order valence-corrected chi connectivity index (χ2v) is 6.07. The molecule has 3 rings (SSSR count). The summed E-state index contributed by atoms with van der Waals surface area (Å²) in [5.41, 5.74) is 2.38. The number of hydrogen-bond donors (Lipinski definition) is 1. The Balaban J connectivity index is 1.68. The van der Waals surface area contributed by atoms with Crippen molar-refractivity contribution in [2.24, 2.45) is 0 Å². The van der Waals surface area contributed by atoms with E-state index in [-0.39, 0.29) is 11.9 Å². The molecule has 1 aromatic carbocycles. The fourth-order valence-corrected chi connectivity index (χ4v) is 2.83. The molecule has 0 saturated carbocycles. The minimum Gasteiger partial charge on any atom is -0.497 e. The van der Waals surface area contributed by atoms with Crippen molar-refractivity contribution >= 4 is 17.1 Å². The molecule has 130 valence electrons. The number of pyridine rings is 1. The molecule has 0 saturated heterocycles. The summed E-state index contributed by atoms with van der Waals surface area (Å²) in [5.74, 6) is 1.56. The quantitative estimate of drug-likeness (QED) is 0.750. The van der Waals surface area contributed by atoms with Gasteiger partial charge in [0, 0.05) is 30.8 Å². The molecule has 2 aromatic heterocycles. The van der Waals surface area contributed by atoms with E-state index in [1.54, 1.807) is 37.6 Å². The van der Waals surface area contributed by atoms with Gasteiger partial charge in [-0.15, -0.1) is 0 Å². The Morgan fingerprint density at radius 2 is 2.00 bits per heavy atom. The zero-order valence-electron chi connectivity index (χ0n) is 14.7. The van der Waals surface area contributed by atoms with Gasteiger partial charge < -0.3 is 14.6 Å². The predicted octanol–water partition coefficient (Wildman–Crippen LogP) is 2.99. The summed E-state index contributed by atoms with van der Waals surface area (Å²) >= 11 is 0. The molecule has 0 bridgehead atoms. The van der Waals surface area contributed by atoms with Gasteiger partial charge in [-0.05, 0) is 50.2 Å². The highest BCUT2D eigenvalue weighted by molar-refractivity contribution is 5.94. The van der Waals surface area contributed by atoms with Crippen LogP contribution in [-0.2, 0) is 6.42 Å². The first-order chi connectivity index (χ1) is 12.1. The molecular weight excluding hydrogens is 316 g/mol. The number of amides is 1. The van der Waals surface area contributed by atoms with E-state index in [2.05, 4.69) is 33.7 Å². The molecule has 0 atom stereocenters. The first-order valence-electron chi connectivity index (χ1n) is 8.34. The van der Waals surface area contributed by atoms with Gasteiger partial charge in [0.25, 0.3) is 5.91 Å².